The third-order valence-corrected chi connectivity index (χ3v) is 2.80. The Hall–Kier alpha value is -1.96. The maximum Gasteiger partial charge on any atom is 0.282 e. The first-order valence-corrected chi connectivity index (χ1v) is 5.41. The average Bonchev–Trinajstić information content (AvgIpc) is 2.71. The van der Waals surface area contributed by atoms with Crippen LogP contribution in [0.15, 0.2) is 12.1 Å². The van der Waals surface area contributed by atoms with Gasteiger partial charge in [-0.25, -0.2) is 26.6 Å². The van der Waals surface area contributed by atoms with Crippen LogP contribution in [0, 0.1) is 17.5 Å². The van der Waals surface area contributed by atoms with Crippen molar-refractivity contribution in [1.29, 1.82) is 0 Å². The molecule has 0 bridgehead atoms. The van der Waals surface area contributed by atoms with Crippen LogP contribution in [-0.4, -0.2) is 16.1 Å². The van der Waals surface area contributed by atoms with Gasteiger partial charge in [-0.2, -0.15) is 5.10 Å². The lowest BCUT2D eigenvalue weighted by molar-refractivity contribution is 0.110. The Balaban J connectivity index is 2.71. The topological polar surface area (TPSA) is 34.9 Å². The summed E-state index contributed by atoms with van der Waals surface area (Å²) in [5, 5.41) is 2.63. The highest BCUT2D eigenvalue weighted by Crippen LogP contribution is 2.30. The molecule has 0 atom stereocenters. The number of benzene rings is 1. The summed E-state index contributed by atoms with van der Waals surface area (Å²) in [7, 11) is 0. The number of hydrogen-bond donors (Lipinski definition) is 0. The minimum absolute atomic E-state index is 0.0190. The van der Waals surface area contributed by atoms with E-state index in [0.29, 0.717) is 10.7 Å². The van der Waals surface area contributed by atoms with Crippen molar-refractivity contribution in [3.05, 3.63) is 46.0 Å². The maximum absolute atomic E-state index is 13.5. The van der Waals surface area contributed by atoms with E-state index < -0.39 is 46.0 Å². The molecule has 0 fully saturated rings. The molecular formula is C11H4ClF5N2O. The number of aldehydes is 1. The van der Waals surface area contributed by atoms with E-state index in [0.717, 1.165) is 0 Å². The van der Waals surface area contributed by atoms with Gasteiger partial charge in [-0.15, -0.1) is 0 Å². The predicted molar refractivity (Wildman–Crippen MR) is 58.8 cm³/mol. The predicted octanol–water partition coefficient (Wildman–Crippen LogP) is 3.69. The Kier molecular flexibility index (Phi) is 3.76. The molecule has 0 N–H and O–H groups in total. The second-order valence-electron chi connectivity index (χ2n) is 3.64. The molecule has 0 aliphatic heterocycles. The van der Waals surface area contributed by atoms with Crippen LogP contribution in [0.1, 0.15) is 22.5 Å². The van der Waals surface area contributed by atoms with E-state index in [2.05, 4.69) is 5.10 Å². The quantitative estimate of drug-likeness (QED) is 0.492. The third-order valence-electron chi connectivity index (χ3n) is 2.43. The van der Waals surface area contributed by atoms with Crippen LogP contribution in [0.3, 0.4) is 0 Å². The van der Waals surface area contributed by atoms with Gasteiger partial charge < -0.3 is 0 Å². The number of carbonyl (C=O) groups excluding carboxylic acids is 1. The normalized spacial score (nSPS) is 11.2. The summed E-state index contributed by atoms with van der Waals surface area (Å²) in [6, 6.07) is 0.610. The summed E-state index contributed by atoms with van der Waals surface area (Å²) in [6.07, 6.45) is -3.12. The zero-order valence-electron chi connectivity index (χ0n) is 9.38. The molecule has 1 aromatic heterocycles. The van der Waals surface area contributed by atoms with Gasteiger partial charge in [0.05, 0.1) is 5.56 Å². The van der Waals surface area contributed by atoms with Gasteiger partial charge in [0.1, 0.15) is 16.5 Å². The number of aromatic nitrogens is 2. The van der Waals surface area contributed by atoms with Crippen LogP contribution in [-0.2, 0) is 0 Å². The van der Waals surface area contributed by atoms with Crippen molar-refractivity contribution in [3.8, 4) is 5.69 Å². The molecule has 0 saturated carbocycles. The molecule has 1 heterocycles. The summed E-state index contributed by atoms with van der Waals surface area (Å²) in [6.45, 7) is 0. The highest BCUT2D eigenvalue weighted by molar-refractivity contribution is 6.32. The van der Waals surface area contributed by atoms with E-state index in [4.69, 9.17) is 11.6 Å². The van der Waals surface area contributed by atoms with Gasteiger partial charge in [-0.05, 0) is 0 Å². The molecule has 9 heteroatoms. The van der Waals surface area contributed by atoms with E-state index in [1.54, 1.807) is 0 Å². The Labute approximate surface area is 113 Å². The molecule has 2 aromatic rings. The minimum Gasteiger partial charge on any atom is -0.298 e. The Bertz CT molecular complexity index is 686. The first kappa shape index (κ1) is 14.4. The molecule has 0 aliphatic carbocycles. The number of hydrogen-bond acceptors (Lipinski definition) is 2. The smallest absolute Gasteiger partial charge is 0.282 e. The van der Waals surface area contributed by atoms with Crippen LogP contribution < -0.4 is 0 Å². The fourth-order valence-electron chi connectivity index (χ4n) is 1.53. The lowest BCUT2D eigenvalue weighted by atomic mass is 10.2. The molecule has 3 nitrogen and oxygen atoms in total. The molecule has 0 radical (unpaired) electrons. The molecule has 0 amide bonds. The van der Waals surface area contributed by atoms with Gasteiger partial charge in [-0.3, -0.25) is 4.79 Å². The van der Waals surface area contributed by atoms with Crippen molar-refractivity contribution >= 4 is 17.9 Å². The zero-order valence-corrected chi connectivity index (χ0v) is 10.1. The van der Waals surface area contributed by atoms with Crippen LogP contribution >= 0.6 is 11.6 Å². The van der Waals surface area contributed by atoms with Crippen LogP contribution in [0.2, 0.25) is 5.15 Å². The van der Waals surface area contributed by atoms with E-state index in [-0.39, 0.29) is 12.4 Å². The number of halogens is 6. The summed E-state index contributed by atoms with van der Waals surface area (Å²) < 4.78 is 65.1. The van der Waals surface area contributed by atoms with Crippen LogP contribution in [0.4, 0.5) is 22.0 Å². The monoisotopic (exact) mass is 310 g/mol. The van der Waals surface area contributed by atoms with Crippen molar-refractivity contribution in [2.24, 2.45) is 0 Å². The molecule has 2 rings (SSSR count). The summed E-state index contributed by atoms with van der Waals surface area (Å²) in [5.74, 6) is -4.15. The molecule has 20 heavy (non-hydrogen) atoms. The molecule has 106 valence electrons. The molecule has 0 aliphatic rings. The number of nitrogens with zero attached hydrogens (tertiary/aromatic N) is 2. The van der Waals surface area contributed by atoms with Gasteiger partial charge in [-0.1, -0.05) is 11.6 Å². The summed E-state index contributed by atoms with van der Waals surface area (Å²) in [4.78, 5) is 10.7. The molecule has 1 aromatic carbocycles. The van der Waals surface area contributed by atoms with Crippen molar-refractivity contribution in [2.75, 3.05) is 0 Å². The van der Waals surface area contributed by atoms with E-state index >= 15 is 0 Å². The average molecular weight is 311 g/mol. The maximum atomic E-state index is 13.5. The lowest BCUT2D eigenvalue weighted by Gasteiger charge is -2.05. The van der Waals surface area contributed by atoms with Crippen molar-refractivity contribution in [3.63, 3.8) is 0 Å². The van der Waals surface area contributed by atoms with Gasteiger partial charge in [0.15, 0.2) is 23.7 Å². The summed E-state index contributed by atoms with van der Waals surface area (Å²) in [5.41, 5.74) is -2.32. The fourth-order valence-corrected chi connectivity index (χ4v) is 1.80. The van der Waals surface area contributed by atoms with Crippen molar-refractivity contribution < 1.29 is 26.7 Å². The SMILES string of the molecule is O=Cc1c(C(F)F)nn(-c2cc(F)c(F)cc2F)c1Cl. The molecular weight excluding hydrogens is 307 g/mol. The number of carbonyl (C=O) groups is 1. The second kappa shape index (κ2) is 5.20. The molecule has 0 unspecified atom stereocenters. The van der Waals surface area contributed by atoms with E-state index in [1.165, 1.54) is 0 Å². The largest absolute Gasteiger partial charge is 0.298 e. The minimum atomic E-state index is -3.14. The van der Waals surface area contributed by atoms with Crippen molar-refractivity contribution in [2.45, 2.75) is 6.43 Å². The van der Waals surface area contributed by atoms with Gasteiger partial charge in [0.2, 0.25) is 0 Å². The van der Waals surface area contributed by atoms with Crippen LogP contribution in [0.25, 0.3) is 5.69 Å². The van der Waals surface area contributed by atoms with Crippen LogP contribution in [0.5, 0.6) is 0 Å². The highest BCUT2D eigenvalue weighted by Gasteiger charge is 2.25. The van der Waals surface area contributed by atoms with Crippen molar-refractivity contribution in [1.82, 2.24) is 9.78 Å². The fraction of sp³-hybridized carbons (Fsp3) is 0.0909. The second-order valence-corrected chi connectivity index (χ2v) is 4.00. The van der Waals surface area contributed by atoms with E-state index in [1.807, 2.05) is 0 Å². The van der Waals surface area contributed by atoms with E-state index in [9.17, 15) is 26.7 Å². The first-order chi connectivity index (χ1) is 9.36. The van der Waals surface area contributed by atoms with Gasteiger partial charge in [0, 0.05) is 12.1 Å². The highest BCUT2D eigenvalue weighted by atomic mass is 35.5. The molecule has 0 spiro atoms. The lowest BCUT2D eigenvalue weighted by Crippen LogP contribution is -2.03. The third kappa shape index (κ3) is 2.26. The zero-order chi connectivity index (χ0) is 15.0. The Morgan fingerprint density at radius 3 is 2.25 bits per heavy atom. The summed E-state index contributed by atoms with van der Waals surface area (Å²) >= 11 is 5.63. The first-order valence-electron chi connectivity index (χ1n) is 5.03. The number of rotatable bonds is 3. The molecule has 0 saturated heterocycles. The Morgan fingerprint density at radius 1 is 1.15 bits per heavy atom. The Morgan fingerprint density at radius 2 is 1.75 bits per heavy atom. The number of alkyl halides is 2. The van der Waals surface area contributed by atoms with Gasteiger partial charge >= 0.3 is 0 Å². The van der Waals surface area contributed by atoms with Gasteiger partial charge in [0.25, 0.3) is 6.43 Å². The standard InChI is InChI=1S/C11H4ClF5N2O/c12-10-4(3-20)9(11(16)17)18-19(10)8-2-6(14)5(13)1-7(8)15/h1-3,11H.